The lowest BCUT2D eigenvalue weighted by molar-refractivity contribution is 1.18. The molecule has 0 saturated carbocycles. The lowest BCUT2D eigenvalue weighted by Crippen LogP contribution is -2.61. The molecule has 84 heavy (non-hydrogen) atoms. The highest BCUT2D eigenvalue weighted by Gasteiger charge is 2.45. The van der Waals surface area contributed by atoms with Crippen LogP contribution in [-0.4, -0.2) is 11.3 Å². The molecule has 0 aliphatic carbocycles. The van der Waals surface area contributed by atoms with E-state index in [1.165, 1.54) is 38.4 Å². The van der Waals surface area contributed by atoms with Crippen molar-refractivity contribution in [1.29, 1.82) is 0 Å². The maximum Gasteiger partial charge on any atom is 0.252 e. The molecule has 2 aliphatic heterocycles. The fourth-order valence-electron chi connectivity index (χ4n) is 13.3. The molecule has 0 unspecified atom stereocenters. The van der Waals surface area contributed by atoms with Crippen LogP contribution in [0.25, 0.3) is 49.7 Å². The maximum absolute atomic E-state index is 2.60. The second kappa shape index (κ2) is 20.5. The van der Waals surface area contributed by atoms with Crippen molar-refractivity contribution in [1.82, 2.24) is 4.57 Å². The molecule has 0 N–H and O–H groups in total. The highest BCUT2D eigenvalue weighted by Crippen LogP contribution is 2.52. The van der Waals surface area contributed by atoms with E-state index in [-0.39, 0.29) is 6.71 Å². The summed E-state index contributed by atoms with van der Waals surface area (Å²) in [6, 6.07) is 120. The van der Waals surface area contributed by atoms with Crippen LogP contribution in [0.5, 0.6) is 0 Å². The summed E-state index contributed by atoms with van der Waals surface area (Å²) in [6.07, 6.45) is 0. The standard InChI is InChI=1S/C78H54BN5/c1-8-25-55(26-9-1)57-43-45-64(46-44-57)84-75-54-67(81(61-34-16-5-17-35-61)62-36-18-6-19-37-62)53-74-77(75)79(70-49-50-72-76(78(70)84)68-41-22-23-42-71(68)82(72)63-38-20-7-21-39-63)69-48-47-66(80(59-30-12-3-13-31-59)60-32-14-4-15-33-60)52-73(69)83(74)65-40-24-29-58(51-65)56-27-10-2-11-28-56/h1-54H. The summed E-state index contributed by atoms with van der Waals surface area (Å²) in [5.41, 5.74) is 24.8. The average Bonchev–Trinajstić information content (AvgIpc) is 1.19. The molecule has 14 aromatic rings. The van der Waals surface area contributed by atoms with Gasteiger partial charge in [-0.25, -0.2) is 0 Å². The number of para-hydroxylation sites is 6. The van der Waals surface area contributed by atoms with E-state index in [9.17, 15) is 0 Å². The molecule has 5 nitrogen and oxygen atoms in total. The number of fused-ring (bicyclic) bond motifs is 8. The Morgan fingerprint density at radius 1 is 0.262 bits per heavy atom. The van der Waals surface area contributed by atoms with E-state index in [2.05, 4.69) is 352 Å². The van der Waals surface area contributed by atoms with Crippen LogP contribution >= 0.6 is 0 Å². The summed E-state index contributed by atoms with van der Waals surface area (Å²) < 4.78 is 2.45. The molecule has 0 amide bonds. The molecular weight excluding hydrogens is 1020 g/mol. The first-order valence-corrected chi connectivity index (χ1v) is 28.9. The van der Waals surface area contributed by atoms with Crippen molar-refractivity contribution in [2.75, 3.05) is 19.6 Å². The van der Waals surface area contributed by atoms with E-state index < -0.39 is 0 Å². The molecule has 3 heterocycles. The molecule has 0 radical (unpaired) electrons. The highest BCUT2D eigenvalue weighted by molar-refractivity contribution is 7.00. The Balaban J connectivity index is 1.05. The molecule has 394 valence electrons. The van der Waals surface area contributed by atoms with Gasteiger partial charge in [-0.05, 0) is 160 Å². The lowest BCUT2D eigenvalue weighted by atomic mass is 9.33. The van der Waals surface area contributed by atoms with E-state index in [4.69, 9.17) is 0 Å². The Labute approximate surface area is 490 Å². The number of rotatable bonds is 11. The Kier molecular flexibility index (Phi) is 11.9. The fourth-order valence-corrected chi connectivity index (χ4v) is 13.3. The summed E-state index contributed by atoms with van der Waals surface area (Å²) >= 11 is 0. The number of benzene rings is 13. The molecule has 0 bridgehead atoms. The minimum absolute atomic E-state index is 0.191. The molecular formula is C78H54BN5. The van der Waals surface area contributed by atoms with Crippen LogP contribution in [0.1, 0.15) is 0 Å². The first-order valence-electron chi connectivity index (χ1n) is 28.9. The lowest BCUT2D eigenvalue weighted by Gasteiger charge is -2.45. The largest absolute Gasteiger partial charge is 0.311 e. The van der Waals surface area contributed by atoms with E-state index in [1.54, 1.807) is 0 Å². The topological polar surface area (TPSA) is 17.9 Å². The van der Waals surface area contributed by atoms with Gasteiger partial charge < -0.3 is 24.2 Å². The molecule has 0 fully saturated rings. The van der Waals surface area contributed by atoms with Gasteiger partial charge in [0.05, 0.1) is 22.4 Å². The number of hydrogen-bond acceptors (Lipinski definition) is 4. The van der Waals surface area contributed by atoms with Crippen molar-refractivity contribution in [2.24, 2.45) is 0 Å². The third-order valence-electron chi connectivity index (χ3n) is 16.9. The number of hydrogen-bond donors (Lipinski definition) is 0. The van der Waals surface area contributed by atoms with Gasteiger partial charge in [0.2, 0.25) is 0 Å². The summed E-state index contributed by atoms with van der Waals surface area (Å²) in [4.78, 5) is 9.98. The first kappa shape index (κ1) is 48.8. The Bertz CT molecular complexity index is 4630. The number of nitrogens with zero attached hydrogens (tertiary/aromatic N) is 5. The van der Waals surface area contributed by atoms with Crippen LogP contribution in [0.4, 0.5) is 68.2 Å². The van der Waals surface area contributed by atoms with Crippen molar-refractivity contribution in [3.8, 4) is 27.9 Å². The highest BCUT2D eigenvalue weighted by atomic mass is 15.2. The number of anilines is 12. The summed E-state index contributed by atoms with van der Waals surface area (Å²) in [7, 11) is 0. The van der Waals surface area contributed by atoms with Crippen LogP contribution in [0.15, 0.2) is 328 Å². The molecule has 13 aromatic carbocycles. The number of aromatic nitrogens is 1. The van der Waals surface area contributed by atoms with Crippen LogP contribution in [-0.2, 0) is 0 Å². The predicted molar refractivity (Wildman–Crippen MR) is 355 cm³/mol. The quantitative estimate of drug-likeness (QED) is 0.120. The molecule has 6 heteroatoms. The maximum atomic E-state index is 2.60. The molecule has 2 aliphatic rings. The zero-order valence-corrected chi connectivity index (χ0v) is 46.0. The van der Waals surface area contributed by atoms with Crippen molar-refractivity contribution >= 4 is 113 Å². The van der Waals surface area contributed by atoms with Crippen LogP contribution in [0.3, 0.4) is 0 Å². The van der Waals surface area contributed by atoms with E-state index in [0.29, 0.717) is 0 Å². The first-order chi connectivity index (χ1) is 41.7. The van der Waals surface area contributed by atoms with Crippen molar-refractivity contribution in [3.63, 3.8) is 0 Å². The molecule has 0 spiro atoms. The minimum Gasteiger partial charge on any atom is -0.311 e. The monoisotopic (exact) mass is 1070 g/mol. The Morgan fingerprint density at radius 2 is 0.714 bits per heavy atom. The summed E-state index contributed by atoms with van der Waals surface area (Å²) in [5, 5.41) is 2.40. The van der Waals surface area contributed by atoms with Crippen molar-refractivity contribution < 1.29 is 0 Å². The normalized spacial score (nSPS) is 12.2. The SMILES string of the molecule is c1ccc(-c2ccc(N3c4cc(N(c5ccccc5)c5ccccc5)cc5c4B(c4ccc(N(c6ccccc6)c6ccccc6)cc4N5c4cccc(-c5ccccc5)c4)c4ccc5c(c43)c3ccccc3n5-c3ccccc3)cc2)cc1. The van der Waals surface area contributed by atoms with Gasteiger partial charge in [-0.15, -0.1) is 0 Å². The summed E-state index contributed by atoms with van der Waals surface area (Å²) in [6.45, 7) is -0.191. The minimum atomic E-state index is -0.191. The van der Waals surface area contributed by atoms with Crippen LogP contribution in [0, 0.1) is 0 Å². The third-order valence-corrected chi connectivity index (χ3v) is 16.9. The van der Waals surface area contributed by atoms with Gasteiger partial charge in [-0.1, -0.05) is 206 Å². The van der Waals surface area contributed by atoms with Crippen LogP contribution in [0.2, 0.25) is 0 Å². The van der Waals surface area contributed by atoms with E-state index >= 15 is 0 Å². The van der Waals surface area contributed by atoms with E-state index in [1.807, 2.05) is 0 Å². The van der Waals surface area contributed by atoms with Gasteiger partial charge in [0, 0.05) is 73.3 Å². The predicted octanol–water partition coefficient (Wildman–Crippen LogP) is 19.1. The molecule has 1 aromatic heterocycles. The van der Waals surface area contributed by atoms with Gasteiger partial charge in [-0.2, -0.15) is 0 Å². The van der Waals surface area contributed by atoms with Gasteiger partial charge in [0.25, 0.3) is 6.71 Å². The summed E-state index contributed by atoms with van der Waals surface area (Å²) in [5.74, 6) is 0. The second-order valence-electron chi connectivity index (χ2n) is 21.7. The second-order valence-corrected chi connectivity index (χ2v) is 21.7. The molecule has 0 atom stereocenters. The van der Waals surface area contributed by atoms with Gasteiger partial charge in [0.1, 0.15) is 0 Å². The van der Waals surface area contributed by atoms with Gasteiger partial charge in [-0.3, -0.25) is 0 Å². The smallest absolute Gasteiger partial charge is 0.252 e. The average molecular weight is 1070 g/mol. The fraction of sp³-hybridized carbons (Fsp3) is 0. The zero-order chi connectivity index (χ0) is 55.5. The van der Waals surface area contributed by atoms with Gasteiger partial charge in [0.15, 0.2) is 0 Å². The van der Waals surface area contributed by atoms with Crippen LogP contribution < -0.4 is 36.0 Å². The Morgan fingerprint density at radius 3 is 1.31 bits per heavy atom. The van der Waals surface area contributed by atoms with Gasteiger partial charge >= 0.3 is 0 Å². The third kappa shape index (κ3) is 8.18. The Hall–Kier alpha value is -11.1. The zero-order valence-electron chi connectivity index (χ0n) is 46.0. The molecule has 0 saturated heterocycles. The van der Waals surface area contributed by atoms with E-state index in [0.717, 1.165) is 96.0 Å². The molecule has 16 rings (SSSR count). The van der Waals surface area contributed by atoms with Crippen molar-refractivity contribution in [3.05, 3.63) is 328 Å². The van der Waals surface area contributed by atoms with Crippen molar-refractivity contribution in [2.45, 2.75) is 0 Å².